The number of nitrogens with two attached hydrogens (primary N) is 1. The van der Waals surface area contributed by atoms with E-state index in [4.69, 9.17) is 17.3 Å². The SMILES string of the molecule is CCCc1ccc(Cl)c(S(=O)(=O)N2CCC(CN)CC2)c1.Cl. The first-order valence-electron chi connectivity index (χ1n) is 7.47. The Morgan fingerprint density at radius 3 is 2.50 bits per heavy atom. The zero-order valence-electron chi connectivity index (χ0n) is 12.8. The summed E-state index contributed by atoms with van der Waals surface area (Å²) in [6.45, 7) is 3.75. The molecule has 1 aromatic carbocycles. The number of piperidine rings is 1. The van der Waals surface area contributed by atoms with Gasteiger partial charge in [-0.2, -0.15) is 4.31 Å². The maximum absolute atomic E-state index is 12.8. The average Bonchev–Trinajstić information content (AvgIpc) is 2.49. The largest absolute Gasteiger partial charge is 0.330 e. The van der Waals surface area contributed by atoms with Crippen LogP contribution in [-0.2, 0) is 16.4 Å². The maximum Gasteiger partial charge on any atom is 0.244 e. The first-order valence-corrected chi connectivity index (χ1v) is 9.29. The topological polar surface area (TPSA) is 63.4 Å². The second kappa shape index (κ2) is 8.50. The number of nitrogens with zero attached hydrogens (tertiary/aromatic N) is 1. The van der Waals surface area contributed by atoms with Crippen molar-refractivity contribution in [3.63, 3.8) is 0 Å². The Morgan fingerprint density at radius 2 is 1.95 bits per heavy atom. The van der Waals surface area contributed by atoms with Crippen molar-refractivity contribution >= 4 is 34.0 Å². The van der Waals surface area contributed by atoms with Gasteiger partial charge in [0.1, 0.15) is 4.90 Å². The smallest absolute Gasteiger partial charge is 0.244 e. The summed E-state index contributed by atoms with van der Waals surface area (Å²) in [5, 5.41) is 0.302. The summed E-state index contributed by atoms with van der Waals surface area (Å²) < 4.78 is 27.1. The Hall–Kier alpha value is -0.330. The number of halogens is 2. The minimum Gasteiger partial charge on any atom is -0.330 e. The highest BCUT2D eigenvalue weighted by molar-refractivity contribution is 7.89. The Bertz CT molecular complexity index is 585. The van der Waals surface area contributed by atoms with Gasteiger partial charge in [0.15, 0.2) is 0 Å². The molecule has 0 radical (unpaired) electrons. The van der Waals surface area contributed by atoms with E-state index in [0.717, 1.165) is 31.2 Å². The summed E-state index contributed by atoms with van der Waals surface area (Å²) in [4.78, 5) is 0.237. The predicted molar refractivity (Wildman–Crippen MR) is 93.2 cm³/mol. The molecular weight excluding hydrogens is 343 g/mol. The fourth-order valence-corrected chi connectivity index (χ4v) is 4.71. The fraction of sp³-hybridized carbons (Fsp3) is 0.600. The van der Waals surface area contributed by atoms with E-state index in [2.05, 4.69) is 6.92 Å². The summed E-state index contributed by atoms with van der Waals surface area (Å²) in [5.41, 5.74) is 6.67. The van der Waals surface area contributed by atoms with Gasteiger partial charge in [-0.15, -0.1) is 12.4 Å². The second-order valence-electron chi connectivity index (χ2n) is 5.60. The third-order valence-corrected chi connectivity index (χ3v) is 6.44. The molecular formula is C15H24Cl2N2O2S. The highest BCUT2D eigenvalue weighted by Gasteiger charge is 2.30. The summed E-state index contributed by atoms with van der Waals surface area (Å²) in [6, 6.07) is 5.30. The molecule has 4 nitrogen and oxygen atoms in total. The van der Waals surface area contributed by atoms with Crippen LogP contribution in [0, 0.1) is 5.92 Å². The van der Waals surface area contributed by atoms with Gasteiger partial charge in [0, 0.05) is 13.1 Å². The highest BCUT2D eigenvalue weighted by atomic mass is 35.5. The predicted octanol–water partition coefficient (Wildman–Crippen LogP) is 3.07. The fourth-order valence-electron chi connectivity index (χ4n) is 2.71. The third kappa shape index (κ3) is 4.36. The zero-order chi connectivity index (χ0) is 15.5. The number of aryl methyl sites for hydroxylation is 1. The Labute approximate surface area is 144 Å². The van der Waals surface area contributed by atoms with Crippen LogP contribution in [0.4, 0.5) is 0 Å². The van der Waals surface area contributed by atoms with E-state index >= 15 is 0 Å². The van der Waals surface area contributed by atoms with Crippen LogP contribution in [0.15, 0.2) is 23.1 Å². The standard InChI is InChI=1S/C15H23ClN2O2S.ClH/c1-2-3-12-4-5-14(16)15(10-12)21(19,20)18-8-6-13(11-17)7-9-18;/h4-5,10,13H,2-3,6-9,11,17H2,1H3;1H. The molecule has 0 spiro atoms. The lowest BCUT2D eigenvalue weighted by Crippen LogP contribution is -2.40. The first-order chi connectivity index (χ1) is 9.98. The van der Waals surface area contributed by atoms with Gasteiger partial charge < -0.3 is 5.73 Å². The van der Waals surface area contributed by atoms with Crippen LogP contribution in [0.1, 0.15) is 31.7 Å². The quantitative estimate of drug-likeness (QED) is 0.870. The van der Waals surface area contributed by atoms with Crippen LogP contribution in [0.25, 0.3) is 0 Å². The molecule has 1 heterocycles. The molecule has 0 saturated carbocycles. The lowest BCUT2D eigenvalue weighted by molar-refractivity contribution is 0.278. The van der Waals surface area contributed by atoms with E-state index in [0.29, 0.717) is 30.6 Å². The van der Waals surface area contributed by atoms with Crippen LogP contribution >= 0.6 is 24.0 Å². The Kier molecular flexibility index (Phi) is 7.62. The summed E-state index contributed by atoms with van der Waals surface area (Å²) in [6.07, 6.45) is 3.47. The van der Waals surface area contributed by atoms with Crippen LogP contribution < -0.4 is 5.73 Å². The van der Waals surface area contributed by atoms with Crippen molar-refractivity contribution in [1.29, 1.82) is 0 Å². The van der Waals surface area contributed by atoms with Gasteiger partial charge in [-0.25, -0.2) is 8.42 Å². The Morgan fingerprint density at radius 1 is 1.32 bits per heavy atom. The molecule has 0 bridgehead atoms. The molecule has 2 rings (SSSR count). The minimum absolute atomic E-state index is 0. The lowest BCUT2D eigenvalue weighted by atomic mass is 9.99. The molecule has 1 fully saturated rings. The summed E-state index contributed by atoms with van der Waals surface area (Å²) in [5.74, 6) is 0.429. The van der Waals surface area contributed by atoms with Crippen molar-refractivity contribution in [2.45, 2.75) is 37.5 Å². The molecule has 7 heteroatoms. The molecule has 1 aliphatic rings. The monoisotopic (exact) mass is 366 g/mol. The molecule has 0 aromatic heterocycles. The third-order valence-electron chi connectivity index (χ3n) is 4.06. The van der Waals surface area contributed by atoms with Gasteiger partial charge in [0.2, 0.25) is 10.0 Å². The highest BCUT2D eigenvalue weighted by Crippen LogP contribution is 2.29. The molecule has 0 aliphatic carbocycles. The number of rotatable bonds is 5. The van der Waals surface area contributed by atoms with E-state index in [-0.39, 0.29) is 17.3 Å². The van der Waals surface area contributed by atoms with E-state index in [1.54, 1.807) is 12.1 Å². The first kappa shape index (κ1) is 19.7. The molecule has 1 saturated heterocycles. The van der Waals surface area contributed by atoms with Gasteiger partial charge in [0.05, 0.1) is 5.02 Å². The molecule has 22 heavy (non-hydrogen) atoms. The van der Waals surface area contributed by atoms with Crippen molar-refractivity contribution in [3.05, 3.63) is 28.8 Å². The minimum atomic E-state index is -3.50. The van der Waals surface area contributed by atoms with Crippen LogP contribution in [-0.4, -0.2) is 32.4 Å². The van der Waals surface area contributed by atoms with Crippen molar-refractivity contribution in [2.75, 3.05) is 19.6 Å². The molecule has 2 N–H and O–H groups in total. The number of hydrogen-bond acceptors (Lipinski definition) is 3. The van der Waals surface area contributed by atoms with Crippen molar-refractivity contribution < 1.29 is 8.42 Å². The van der Waals surface area contributed by atoms with Gasteiger partial charge in [-0.1, -0.05) is 31.0 Å². The van der Waals surface area contributed by atoms with E-state index < -0.39 is 10.0 Å². The number of hydrogen-bond donors (Lipinski definition) is 1. The Balaban J connectivity index is 0.00000242. The van der Waals surface area contributed by atoms with E-state index in [1.807, 2.05) is 6.07 Å². The van der Waals surface area contributed by atoms with E-state index in [9.17, 15) is 8.42 Å². The molecule has 126 valence electrons. The molecule has 0 unspecified atom stereocenters. The molecule has 0 amide bonds. The number of benzene rings is 1. The summed E-state index contributed by atoms with van der Waals surface area (Å²) in [7, 11) is -3.50. The molecule has 1 aromatic rings. The normalized spacial score (nSPS) is 17.2. The zero-order valence-corrected chi connectivity index (χ0v) is 15.2. The summed E-state index contributed by atoms with van der Waals surface area (Å²) >= 11 is 6.13. The van der Waals surface area contributed by atoms with Crippen molar-refractivity contribution in [2.24, 2.45) is 11.7 Å². The average molecular weight is 367 g/mol. The van der Waals surface area contributed by atoms with Gasteiger partial charge in [0.25, 0.3) is 0 Å². The van der Waals surface area contributed by atoms with Gasteiger partial charge in [-0.3, -0.25) is 0 Å². The van der Waals surface area contributed by atoms with Crippen molar-refractivity contribution in [3.8, 4) is 0 Å². The number of sulfonamides is 1. The second-order valence-corrected chi connectivity index (χ2v) is 7.91. The molecule has 0 atom stereocenters. The molecule has 1 aliphatic heterocycles. The van der Waals surface area contributed by atoms with Gasteiger partial charge >= 0.3 is 0 Å². The van der Waals surface area contributed by atoms with E-state index in [1.165, 1.54) is 4.31 Å². The van der Waals surface area contributed by atoms with Crippen LogP contribution in [0.5, 0.6) is 0 Å². The van der Waals surface area contributed by atoms with Gasteiger partial charge in [-0.05, 0) is 49.4 Å². The van der Waals surface area contributed by atoms with Crippen LogP contribution in [0.3, 0.4) is 0 Å². The maximum atomic E-state index is 12.8. The van der Waals surface area contributed by atoms with Crippen LogP contribution in [0.2, 0.25) is 5.02 Å². The lowest BCUT2D eigenvalue weighted by Gasteiger charge is -2.30. The van der Waals surface area contributed by atoms with Crippen molar-refractivity contribution in [1.82, 2.24) is 4.31 Å².